The Morgan fingerprint density at radius 1 is 1.47 bits per heavy atom. The second kappa shape index (κ2) is 5.52. The number of piperidine rings is 1. The van der Waals surface area contributed by atoms with Crippen LogP contribution in [0.2, 0.25) is 5.02 Å². The van der Waals surface area contributed by atoms with Crippen LogP contribution >= 0.6 is 11.6 Å². The molecule has 4 heteroatoms. The minimum Gasteiger partial charge on any atom is -0.480 e. The van der Waals surface area contributed by atoms with Crippen molar-refractivity contribution in [1.29, 1.82) is 0 Å². The van der Waals surface area contributed by atoms with Crippen molar-refractivity contribution in [2.45, 2.75) is 31.8 Å². The first-order valence-electron chi connectivity index (χ1n) is 5.88. The van der Waals surface area contributed by atoms with Crippen molar-refractivity contribution < 1.29 is 9.90 Å². The van der Waals surface area contributed by atoms with Crippen molar-refractivity contribution in [2.75, 3.05) is 6.54 Å². The Morgan fingerprint density at radius 3 is 3.00 bits per heavy atom. The molecule has 17 heavy (non-hydrogen) atoms. The summed E-state index contributed by atoms with van der Waals surface area (Å²) in [5.74, 6) is -0.716. The highest BCUT2D eigenvalue weighted by atomic mass is 35.5. The number of carboxylic acids is 1. The van der Waals surface area contributed by atoms with Crippen molar-refractivity contribution in [3.05, 3.63) is 34.9 Å². The lowest BCUT2D eigenvalue weighted by molar-refractivity contribution is -0.144. The molecular formula is C13H16ClNO2. The highest BCUT2D eigenvalue weighted by molar-refractivity contribution is 6.30. The lowest BCUT2D eigenvalue weighted by Gasteiger charge is -2.32. The normalized spacial score (nSPS) is 21.4. The quantitative estimate of drug-likeness (QED) is 0.901. The Hall–Kier alpha value is -1.06. The van der Waals surface area contributed by atoms with Crippen LogP contribution in [0.5, 0.6) is 0 Å². The van der Waals surface area contributed by atoms with E-state index in [9.17, 15) is 9.90 Å². The fourth-order valence-corrected chi connectivity index (χ4v) is 2.54. The molecule has 1 aliphatic heterocycles. The molecule has 0 aromatic heterocycles. The Kier molecular flexibility index (Phi) is 4.02. The van der Waals surface area contributed by atoms with Gasteiger partial charge in [0.15, 0.2) is 0 Å². The molecule has 2 rings (SSSR count). The summed E-state index contributed by atoms with van der Waals surface area (Å²) in [6.07, 6.45) is 2.82. The number of carboxylic acid groups (broad SMARTS) is 1. The predicted molar refractivity (Wildman–Crippen MR) is 67.1 cm³/mol. The highest BCUT2D eigenvalue weighted by Crippen LogP contribution is 2.21. The molecule has 92 valence electrons. The fraction of sp³-hybridized carbons (Fsp3) is 0.462. The van der Waals surface area contributed by atoms with Crippen molar-refractivity contribution in [3.8, 4) is 0 Å². The molecule has 1 aliphatic rings. The van der Waals surface area contributed by atoms with Crippen LogP contribution in [0, 0.1) is 0 Å². The first-order chi connectivity index (χ1) is 8.16. The van der Waals surface area contributed by atoms with Crippen LogP contribution in [0.15, 0.2) is 24.3 Å². The molecule has 1 saturated heterocycles. The number of benzene rings is 1. The molecule has 0 unspecified atom stereocenters. The van der Waals surface area contributed by atoms with Gasteiger partial charge in [-0.15, -0.1) is 0 Å². The zero-order valence-corrected chi connectivity index (χ0v) is 10.4. The van der Waals surface area contributed by atoms with Crippen LogP contribution in [0.1, 0.15) is 24.8 Å². The summed E-state index contributed by atoms with van der Waals surface area (Å²) in [6, 6.07) is 7.27. The van der Waals surface area contributed by atoms with Gasteiger partial charge in [-0.2, -0.15) is 0 Å². The summed E-state index contributed by atoms with van der Waals surface area (Å²) in [5, 5.41) is 9.87. The smallest absolute Gasteiger partial charge is 0.320 e. The van der Waals surface area contributed by atoms with E-state index in [-0.39, 0.29) is 6.04 Å². The Morgan fingerprint density at radius 2 is 2.29 bits per heavy atom. The summed E-state index contributed by atoms with van der Waals surface area (Å²) in [4.78, 5) is 13.2. The van der Waals surface area contributed by atoms with Gasteiger partial charge in [0, 0.05) is 11.6 Å². The molecule has 1 atom stereocenters. The molecule has 3 nitrogen and oxygen atoms in total. The Balaban J connectivity index is 2.08. The summed E-state index contributed by atoms with van der Waals surface area (Å²) >= 11 is 5.93. The van der Waals surface area contributed by atoms with Crippen LogP contribution in [-0.4, -0.2) is 28.6 Å². The number of nitrogens with zero attached hydrogens (tertiary/aromatic N) is 1. The molecule has 1 heterocycles. The molecule has 0 saturated carbocycles. The average molecular weight is 254 g/mol. The number of likely N-dealkylation sites (tertiary alicyclic amines) is 1. The van der Waals surface area contributed by atoms with E-state index in [1.807, 2.05) is 29.2 Å². The minimum absolute atomic E-state index is 0.345. The van der Waals surface area contributed by atoms with E-state index in [0.29, 0.717) is 11.6 Å². The molecule has 0 aliphatic carbocycles. The van der Waals surface area contributed by atoms with E-state index in [4.69, 9.17) is 11.6 Å². The van der Waals surface area contributed by atoms with Gasteiger partial charge in [0.1, 0.15) is 6.04 Å². The first kappa shape index (κ1) is 12.4. The first-order valence-corrected chi connectivity index (χ1v) is 6.26. The standard InChI is InChI=1S/C13H16ClNO2/c14-11-5-3-4-10(8-11)9-15-7-2-1-6-12(15)13(16)17/h3-5,8,12H,1-2,6-7,9H2,(H,16,17)/t12-/m0/s1. The van der Waals surface area contributed by atoms with Gasteiger partial charge < -0.3 is 5.11 Å². The number of aliphatic carboxylic acids is 1. The van der Waals surface area contributed by atoms with Crippen molar-refractivity contribution in [1.82, 2.24) is 4.90 Å². The molecule has 0 bridgehead atoms. The maximum absolute atomic E-state index is 11.2. The van der Waals surface area contributed by atoms with E-state index < -0.39 is 5.97 Å². The summed E-state index contributed by atoms with van der Waals surface area (Å²) in [5.41, 5.74) is 1.07. The Bertz CT molecular complexity index is 408. The molecule has 0 radical (unpaired) electrons. The van der Waals surface area contributed by atoms with Gasteiger partial charge in [-0.05, 0) is 37.1 Å². The molecule has 1 aromatic rings. The molecular weight excluding hydrogens is 238 g/mol. The number of halogens is 1. The molecule has 0 amide bonds. The number of carbonyl (C=O) groups is 1. The molecule has 1 N–H and O–H groups in total. The highest BCUT2D eigenvalue weighted by Gasteiger charge is 2.28. The largest absolute Gasteiger partial charge is 0.480 e. The molecule has 0 spiro atoms. The van der Waals surface area contributed by atoms with Crippen LogP contribution in [0.3, 0.4) is 0 Å². The lowest BCUT2D eigenvalue weighted by atomic mass is 10.0. The van der Waals surface area contributed by atoms with Gasteiger partial charge in [0.25, 0.3) is 0 Å². The average Bonchev–Trinajstić information content (AvgIpc) is 2.29. The van der Waals surface area contributed by atoms with Gasteiger partial charge in [0.2, 0.25) is 0 Å². The van der Waals surface area contributed by atoms with E-state index in [1.165, 1.54) is 0 Å². The third-order valence-electron chi connectivity index (χ3n) is 3.17. The van der Waals surface area contributed by atoms with Crippen LogP contribution in [0.25, 0.3) is 0 Å². The second-order valence-electron chi connectivity index (χ2n) is 4.45. The third-order valence-corrected chi connectivity index (χ3v) is 3.41. The van der Waals surface area contributed by atoms with Crippen molar-refractivity contribution in [3.63, 3.8) is 0 Å². The van der Waals surface area contributed by atoms with Gasteiger partial charge in [0.05, 0.1) is 0 Å². The van der Waals surface area contributed by atoms with E-state index in [2.05, 4.69) is 0 Å². The van der Waals surface area contributed by atoms with E-state index >= 15 is 0 Å². The molecule has 1 aromatic carbocycles. The van der Waals surface area contributed by atoms with Crippen molar-refractivity contribution in [2.24, 2.45) is 0 Å². The number of rotatable bonds is 3. The van der Waals surface area contributed by atoms with Gasteiger partial charge >= 0.3 is 5.97 Å². The summed E-state index contributed by atoms with van der Waals surface area (Å²) in [7, 11) is 0. The maximum atomic E-state index is 11.2. The zero-order valence-electron chi connectivity index (χ0n) is 9.60. The van der Waals surface area contributed by atoms with Crippen molar-refractivity contribution >= 4 is 17.6 Å². The monoisotopic (exact) mass is 253 g/mol. The van der Waals surface area contributed by atoms with Gasteiger partial charge in [-0.25, -0.2) is 0 Å². The van der Waals surface area contributed by atoms with Crippen LogP contribution in [-0.2, 0) is 11.3 Å². The summed E-state index contributed by atoms with van der Waals surface area (Å²) in [6.45, 7) is 1.51. The number of hydrogen-bond donors (Lipinski definition) is 1. The molecule has 1 fully saturated rings. The maximum Gasteiger partial charge on any atom is 0.320 e. The van der Waals surface area contributed by atoms with Gasteiger partial charge in [-0.3, -0.25) is 9.69 Å². The third kappa shape index (κ3) is 3.20. The predicted octanol–water partition coefficient (Wildman–Crippen LogP) is 2.78. The van der Waals surface area contributed by atoms with Gasteiger partial charge in [-0.1, -0.05) is 30.2 Å². The van der Waals surface area contributed by atoms with Crippen LogP contribution < -0.4 is 0 Å². The van der Waals surface area contributed by atoms with E-state index in [0.717, 1.165) is 31.4 Å². The van der Waals surface area contributed by atoms with E-state index in [1.54, 1.807) is 0 Å². The SMILES string of the molecule is O=C(O)[C@@H]1CCCCN1Cc1cccc(Cl)c1. The minimum atomic E-state index is -0.716. The zero-order chi connectivity index (χ0) is 12.3. The topological polar surface area (TPSA) is 40.5 Å². The number of hydrogen-bond acceptors (Lipinski definition) is 2. The lowest BCUT2D eigenvalue weighted by Crippen LogP contribution is -2.43. The second-order valence-corrected chi connectivity index (χ2v) is 4.89. The fourth-order valence-electron chi connectivity index (χ4n) is 2.33. The van der Waals surface area contributed by atoms with Crippen LogP contribution in [0.4, 0.5) is 0 Å². The summed E-state index contributed by atoms with van der Waals surface area (Å²) < 4.78 is 0. The Labute approximate surface area is 106 Å².